The number of hydrogen-bond donors (Lipinski definition) is 1. The summed E-state index contributed by atoms with van der Waals surface area (Å²) in [5.74, 6) is 0.00896. The van der Waals surface area contributed by atoms with E-state index < -0.39 is 0 Å². The van der Waals surface area contributed by atoms with Crippen LogP contribution < -0.4 is 9.80 Å². The van der Waals surface area contributed by atoms with Gasteiger partial charge in [-0.1, -0.05) is 17.4 Å². The quantitative estimate of drug-likeness (QED) is 0.662. The van der Waals surface area contributed by atoms with Crippen molar-refractivity contribution in [2.45, 2.75) is 11.8 Å². The fraction of sp³-hybridized carbons (Fsp3) is 0.300. The summed E-state index contributed by atoms with van der Waals surface area (Å²) in [4.78, 5) is 22.2. The predicted octanol–water partition coefficient (Wildman–Crippen LogP) is 3.12. The van der Waals surface area contributed by atoms with Crippen LogP contribution in [-0.4, -0.2) is 44.3 Å². The number of quaternary nitrogens is 1. The molecule has 0 aliphatic rings. The maximum absolute atomic E-state index is 13.2. The summed E-state index contributed by atoms with van der Waals surface area (Å²) in [6, 6.07) is 14.0. The van der Waals surface area contributed by atoms with Crippen LogP contribution in [0.4, 0.5) is 5.13 Å². The number of nitrogens with one attached hydrogen (secondary N) is 1. The lowest BCUT2D eigenvalue weighted by Crippen LogP contribution is -3.06. The monoisotopic (exact) mass is 386 g/mol. The molecule has 0 aliphatic carbocycles. The van der Waals surface area contributed by atoms with Crippen molar-refractivity contribution in [2.24, 2.45) is 0 Å². The molecule has 26 heavy (non-hydrogen) atoms. The van der Waals surface area contributed by atoms with Gasteiger partial charge < -0.3 is 4.90 Å². The average Bonchev–Trinajstić information content (AvgIpc) is 3.04. The van der Waals surface area contributed by atoms with E-state index in [1.807, 2.05) is 41.5 Å². The van der Waals surface area contributed by atoms with Crippen LogP contribution in [0.2, 0.25) is 0 Å². The molecular formula is C20H24N3OS2+. The van der Waals surface area contributed by atoms with Gasteiger partial charge in [0, 0.05) is 10.5 Å². The van der Waals surface area contributed by atoms with Gasteiger partial charge >= 0.3 is 0 Å². The molecule has 4 nitrogen and oxygen atoms in total. The first-order valence-corrected chi connectivity index (χ1v) is 10.6. The lowest BCUT2D eigenvalue weighted by molar-refractivity contribution is -0.856. The van der Waals surface area contributed by atoms with Crippen molar-refractivity contribution < 1.29 is 9.69 Å². The molecule has 0 saturated heterocycles. The molecule has 6 heteroatoms. The third-order valence-corrected chi connectivity index (χ3v) is 5.97. The Balaban J connectivity index is 1.95. The number of carbonyl (C=O) groups is 1. The highest BCUT2D eigenvalue weighted by molar-refractivity contribution is 7.98. The summed E-state index contributed by atoms with van der Waals surface area (Å²) in [6.45, 7) is 3.58. The highest BCUT2D eigenvalue weighted by Gasteiger charge is 2.22. The van der Waals surface area contributed by atoms with Gasteiger partial charge in [0.2, 0.25) is 0 Å². The predicted molar refractivity (Wildman–Crippen MR) is 112 cm³/mol. The molecule has 1 aromatic heterocycles. The normalized spacial score (nSPS) is 11.3. The Labute approximate surface area is 162 Å². The number of hydrogen-bond acceptors (Lipinski definition) is 4. The van der Waals surface area contributed by atoms with Gasteiger partial charge in [-0.25, -0.2) is 4.98 Å². The SMILES string of the molecule is CSc1ccc(C(=O)N(CC[NH+](C)C)c2nc3ccc(C)cc3s2)cc1. The van der Waals surface area contributed by atoms with Crippen molar-refractivity contribution in [1.29, 1.82) is 0 Å². The van der Waals surface area contributed by atoms with Crippen LogP contribution in [0.1, 0.15) is 15.9 Å². The molecule has 0 saturated carbocycles. The van der Waals surface area contributed by atoms with E-state index >= 15 is 0 Å². The maximum atomic E-state index is 13.2. The second-order valence-corrected chi connectivity index (χ2v) is 8.50. The summed E-state index contributed by atoms with van der Waals surface area (Å²) >= 11 is 3.26. The first-order chi connectivity index (χ1) is 12.5. The number of fused-ring (bicyclic) bond motifs is 1. The van der Waals surface area contributed by atoms with E-state index in [-0.39, 0.29) is 5.91 Å². The van der Waals surface area contributed by atoms with Crippen molar-refractivity contribution >= 4 is 44.4 Å². The number of thiazole rings is 1. The average molecular weight is 387 g/mol. The number of aryl methyl sites for hydroxylation is 1. The number of carbonyl (C=O) groups excluding carboxylic acids is 1. The van der Waals surface area contributed by atoms with Gasteiger partial charge in [-0.15, -0.1) is 11.8 Å². The van der Waals surface area contributed by atoms with Gasteiger partial charge in [-0.05, 0) is 55.1 Å². The molecule has 2 aromatic carbocycles. The molecular weight excluding hydrogens is 362 g/mol. The molecule has 0 atom stereocenters. The van der Waals surface area contributed by atoms with Gasteiger partial charge in [0.1, 0.15) is 0 Å². The third-order valence-electron chi connectivity index (χ3n) is 4.18. The molecule has 0 fully saturated rings. The molecule has 0 spiro atoms. The van der Waals surface area contributed by atoms with Crippen molar-refractivity contribution in [1.82, 2.24) is 4.98 Å². The Kier molecular flexibility index (Phi) is 5.96. The van der Waals surface area contributed by atoms with Gasteiger partial charge in [0.15, 0.2) is 5.13 Å². The van der Waals surface area contributed by atoms with Gasteiger partial charge in [-0.3, -0.25) is 9.69 Å². The summed E-state index contributed by atoms with van der Waals surface area (Å²) in [7, 11) is 4.19. The van der Waals surface area contributed by atoms with Crippen LogP contribution >= 0.6 is 23.1 Å². The number of benzene rings is 2. The molecule has 0 aliphatic heterocycles. The Morgan fingerprint density at radius 1 is 1.19 bits per heavy atom. The first kappa shape index (κ1) is 18.9. The van der Waals surface area contributed by atoms with E-state index in [1.165, 1.54) is 10.5 Å². The summed E-state index contributed by atoms with van der Waals surface area (Å²) in [5.41, 5.74) is 2.85. The number of anilines is 1. The Morgan fingerprint density at radius 3 is 2.58 bits per heavy atom. The Morgan fingerprint density at radius 2 is 1.92 bits per heavy atom. The van der Waals surface area contributed by atoms with Crippen molar-refractivity contribution in [2.75, 3.05) is 38.3 Å². The minimum Gasteiger partial charge on any atom is -0.338 e. The lowest BCUT2D eigenvalue weighted by Gasteiger charge is -2.20. The molecule has 1 N–H and O–H groups in total. The van der Waals surface area contributed by atoms with Crippen LogP contribution in [0.3, 0.4) is 0 Å². The van der Waals surface area contributed by atoms with E-state index in [0.717, 1.165) is 26.8 Å². The molecule has 0 unspecified atom stereocenters. The van der Waals surface area contributed by atoms with E-state index in [2.05, 4.69) is 33.2 Å². The zero-order valence-electron chi connectivity index (χ0n) is 15.6. The van der Waals surface area contributed by atoms with Crippen molar-refractivity contribution in [3.8, 4) is 0 Å². The first-order valence-electron chi connectivity index (χ1n) is 8.60. The molecule has 136 valence electrons. The fourth-order valence-corrected chi connectivity index (χ4v) is 4.14. The van der Waals surface area contributed by atoms with Gasteiger partial charge in [-0.2, -0.15) is 0 Å². The number of aromatic nitrogens is 1. The standard InChI is InChI=1S/C20H23N3OS2/c1-14-5-10-17-18(13-14)26-20(21-17)23(12-11-22(2)3)19(24)15-6-8-16(25-4)9-7-15/h5-10,13H,11-12H2,1-4H3/p+1. The molecule has 0 radical (unpaired) electrons. The van der Waals surface area contributed by atoms with E-state index in [1.54, 1.807) is 23.1 Å². The number of rotatable bonds is 6. The number of thioether (sulfide) groups is 1. The summed E-state index contributed by atoms with van der Waals surface area (Å²) in [5, 5.41) is 0.769. The highest BCUT2D eigenvalue weighted by atomic mass is 32.2. The largest absolute Gasteiger partial charge is 0.338 e. The van der Waals surface area contributed by atoms with Gasteiger partial charge in [0.05, 0.1) is 37.4 Å². The lowest BCUT2D eigenvalue weighted by atomic mass is 10.2. The topological polar surface area (TPSA) is 37.6 Å². The zero-order valence-corrected chi connectivity index (χ0v) is 17.2. The minimum atomic E-state index is 0.00896. The summed E-state index contributed by atoms with van der Waals surface area (Å²) in [6.07, 6.45) is 2.03. The Bertz CT molecular complexity index is 903. The fourth-order valence-electron chi connectivity index (χ4n) is 2.64. The highest BCUT2D eigenvalue weighted by Crippen LogP contribution is 2.30. The zero-order chi connectivity index (χ0) is 18.7. The molecule has 0 bridgehead atoms. The van der Waals surface area contributed by atoms with Crippen LogP contribution in [0.5, 0.6) is 0 Å². The van der Waals surface area contributed by atoms with Crippen LogP contribution in [0, 0.1) is 6.92 Å². The molecule has 1 heterocycles. The number of nitrogens with zero attached hydrogens (tertiary/aromatic N) is 2. The second kappa shape index (κ2) is 8.20. The number of likely N-dealkylation sites (N-methyl/N-ethyl adjacent to an activating group) is 1. The van der Waals surface area contributed by atoms with Crippen LogP contribution in [0.25, 0.3) is 10.2 Å². The van der Waals surface area contributed by atoms with Crippen molar-refractivity contribution in [3.63, 3.8) is 0 Å². The van der Waals surface area contributed by atoms with E-state index in [0.29, 0.717) is 12.1 Å². The smallest absolute Gasteiger partial charge is 0.260 e. The Hall–Kier alpha value is -1.89. The minimum absolute atomic E-state index is 0.00896. The van der Waals surface area contributed by atoms with Gasteiger partial charge in [0.25, 0.3) is 5.91 Å². The molecule has 3 rings (SSSR count). The second-order valence-electron chi connectivity index (χ2n) is 6.61. The van der Waals surface area contributed by atoms with Crippen LogP contribution in [-0.2, 0) is 0 Å². The van der Waals surface area contributed by atoms with E-state index in [4.69, 9.17) is 4.98 Å². The summed E-state index contributed by atoms with van der Waals surface area (Å²) < 4.78 is 1.12. The van der Waals surface area contributed by atoms with Crippen LogP contribution in [0.15, 0.2) is 47.4 Å². The number of amides is 1. The van der Waals surface area contributed by atoms with E-state index in [9.17, 15) is 4.79 Å². The maximum Gasteiger partial charge on any atom is 0.260 e. The van der Waals surface area contributed by atoms with Crippen molar-refractivity contribution in [3.05, 3.63) is 53.6 Å². The molecule has 3 aromatic rings. The third kappa shape index (κ3) is 4.26. The molecule has 1 amide bonds.